The lowest BCUT2D eigenvalue weighted by Crippen LogP contribution is -2.09. The van der Waals surface area contributed by atoms with Crippen molar-refractivity contribution in [2.45, 2.75) is 39.0 Å². The molecule has 0 fully saturated rings. The van der Waals surface area contributed by atoms with Crippen molar-refractivity contribution in [2.75, 3.05) is 6.61 Å². The standard InChI is InChI=1S/C12H20O/c1-10(2)3-4-11-5-7-12(9-13)8-6-11/h5,12-13H,1,3-4,6-9H2,2H3. The maximum absolute atomic E-state index is 8.95. The zero-order chi connectivity index (χ0) is 9.68. The van der Waals surface area contributed by atoms with E-state index in [1.807, 2.05) is 0 Å². The first-order valence-corrected chi connectivity index (χ1v) is 5.15. The van der Waals surface area contributed by atoms with Gasteiger partial charge in [-0.15, -0.1) is 6.58 Å². The molecule has 0 aromatic heterocycles. The van der Waals surface area contributed by atoms with E-state index in [9.17, 15) is 0 Å². The molecule has 0 radical (unpaired) electrons. The van der Waals surface area contributed by atoms with Crippen molar-refractivity contribution >= 4 is 0 Å². The van der Waals surface area contributed by atoms with Crippen molar-refractivity contribution < 1.29 is 5.11 Å². The summed E-state index contributed by atoms with van der Waals surface area (Å²) in [5, 5.41) is 8.95. The van der Waals surface area contributed by atoms with Gasteiger partial charge in [0.05, 0.1) is 0 Å². The van der Waals surface area contributed by atoms with Crippen LogP contribution in [0.15, 0.2) is 23.8 Å². The molecule has 13 heavy (non-hydrogen) atoms. The van der Waals surface area contributed by atoms with Gasteiger partial charge >= 0.3 is 0 Å². The van der Waals surface area contributed by atoms with E-state index in [4.69, 9.17) is 5.11 Å². The second-order valence-electron chi connectivity index (χ2n) is 4.14. The zero-order valence-electron chi connectivity index (χ0n) is 8.55. The summed E-state index contributed by atoms with van der Waals surface area (Å²) < 4.78 is 0. The normalized spacial score (nSPS) is 22.6. The minimum absolute atomic E-state index is 0.351. The summed E-state index contributed by atoms with van der Waals surface area (Å²) in [4.78, 5) is 0. The molecule has 1 N–H and O–H groups in total. The fraction of sp³-hybridized carbons (Fsp3) is 0.667. The molecular formula is C12H20O. The fourth-order valence-electron chi connectivity index (χ4n) is 1.71. The quantitative estimate of drug-likeness (QED) is 0.659. The molecule has 1 nitrogen and oxygen atoms in total. The van der Waals surface area contributed by atoms with Crippen LogP contribution >= 0.6 is 0 Å². The Hall–Kier alpha value is -0.560. The number of rotatable bonds is 4. The van der Waals surface area contributed by atoms with Crippen LogP contribution in [0.3, 0.4) is 0 Å². The van der Waals surface area contributed by atoms with Crippen LogP contribution in [0.5, 0.6) is 0 Å². The van der Waals surface area contributed by atoms with E-state index >= 15 is 0 Å². The molecule has 0 aliphatic heterocycles. The van der Waals surface area contributed by atoms with Gasteiger partial charge in [0.2, 0.25) is 0 Å². The minimum Gasteiger partial charge on any atom is -0.396 e. The largest absolute Gasteiger partial charge is 0.396 e. The van der Waals surface area contributed by atoms with Gasteiger partial charge < -0.3 is 5.11 Å². The predicted octanol–water partition coefficient (Wildman–Crippen LogP) is 3.06. The van der Waals surface area contributed by atoms with E-state index < -0.39 is 0 Å². The van der Waals surface area contributed by atoms with Crippen molar-refractivity contribution in [3.05, 3.63) is 23.8 Å². The van der Waals surface area contributed by atoms with Crippen LogP contribution < -0.4 is 0 Å². The Morgan fingerprint density at radius 3 is 2.92 bits per heavy atom. The molecule has 0 amide bonds. The minimum atomic E-state index is 0.351. The lowest BCUT2D eigenvalue weighted by atomic mass is 9.88. The molecule has 1 atom stereocenters. The molecule has 0 spiro atoms. The smallest absolute Gasteiger partial charge is 0.0462 e. The summed E-state index contributed by atoms with van der Waals surface area (Å²) in [5.74, 6) is 0.522. The molecule has 0 aromatic rings. The Kier molecular flexibility index (Phi) is 4.23. The molecule has 0 saturated heterocycles. The predicted molar refractivity (Wildman–Crippen MR) is 56.6 cm³/mol. The Morgan fingerprint density at radius 2 is 2.46 bits per heavy atom. The van der Waals surface area contributed by atoms with Crippen molar-refractivity contribution in [3.8, 4) is 0 Å². The summed E-state index contributed by atoms with van der Waals surface area (Å²) in [6.45, 7) is 6.34. The van der Waals surface area contributed by atoms with Crippen LogP contribution in [0.4, 0.5) is 0 Å². The SMILES string of the molecule is C=C(C)CCC1=CCC(CO)CC1. The Bertz CT molecular complexity index is 203. The molecule has 1 aliphatic rings. The number of aliphatic hydroxyl groups excluding tert-OH is 1. The van der Waals surface area contributed by atoms with Gasteiger partial charge in [-0.2, -0.15) is 0 Å². The van der Waals surface area contributed by atoms with E-state index in [2.05, 4.69) is 19.6 Å². The van der Waals surface area contributed by atoms with Gasteiger partial charge in [0, 0.05) is 6.61 Å². The Labute approximate surface area is 81.2 Å². The van der Waals surface area contributed by atoms with Gasteiger partial charge in [0.1, 0.15) is 0 Å². The van der Waals surface area contributed by atoms with Crippen LogP contribution in [0, 0.1) is 5.92 Å². The first-order valence-electron chi connectivity index (χ1n) is 5.15. The monoisotopic (exact) mass is 180 g/mol. The molecule has 0 bridgehead atoms. The molecule has 1 aliphatic carbocycles. The highest BCUT2D eigenvalue weighted by Crippen LogP contribution is 2.26. The van der Waals surface area contributed by atoms with Gasteiger partial charge in [0.15, 0.2) is 0 Å². The maximum atomic E-state index is 8.95. The average Bonchev–Trinajstić information content (AvgIpc) is 2.15. The second kappa shape index (κ2) is 5.23. The van der Waals surface area contributed by atoms with Crippen LogP contribution in [0.2, 0.25) is 0 Å². The number of hydrogen-bond acceptors (Lipinski definition) is 1. The highest BCUT2D eigenvalue weighted by Gasteiger charge is 2.12. The van der Waals surface area contributed by atoms with Gasteiger partial charge in [-0.1, -0.05) is 17.2 Å². The summed E-state index contributed by atoms with van der Waals surface area (Å²) >= 11 is 0. The fourth-order valence-corrected chi connectivity index (χ4v) is 1.71. The van der Waals surface area contributed by atoms with Crippen molar-refractivity contribution in [2.24, 2.45) is 5.92 Å². The third-order valence-electron chi connectivity index (χ3n) is 2.74. The van der Waals surface area contributed by atoms with Gasteiger partial charge in [-0.05, 0) is 44.9 Å². The van der Waals surface area contributed by atoms with E-state index in [1.54, 1.807) is 5.57 Å². The highest BCUT2D eigenvalue weighted by molar-refractivity contribution is 5.08. The number of allylic oxidation sites excluding steroid dienone is 3. The highest BCUT2D eigenvalue weighted by atomic mass is 16.3. The van der Waals surface area contributed by atoms with Crippen molar-refractivity contribution in [3.63, 3.8) is 0 Å². The third-order valence-corrected chi connectivity index (χ3v) is 2.74. The van der Waals surface area contributed by atoms with Crippen LogP contribution in [-0.2, 0) is 0 Å². The molecule has 0 heterocycles. The Balaban J connectivity index is 2.29. The van der Waals surface area contributed by atoms with E-state index in [-0.39, 0.29) is 0 Å². The topological polar surface area (TPSA) is 20.2 Å². The van der Waals surface area contributed by atoms with Gasteiger partial charge in [-0.25, -0.2) is 0 Å². The molecule has 1 unspecified atom stereocenters. The molecule has 74 valence electrons. The molecule has 1 heteroatoms. The summed E-state index contributed by atoms with van der Waals surface area (Å²) in [6.07, 6.45) is 8.02. The summed E-state index contributed by atoms with van der Waals surface area (Å²) in [6, 6.07) is 0. The second-order valence-corrected chi connectivity index (χ2v) is 4.14. The van der Waals surface area contributed by atoms with Crippen molar-refractivity contribution in [1.82, 2.24) is 0 Å². The van der Waals surface area contributed by atoms with Gasteiger partial charge in [0.25, 0.3) is 0 Å². The average molecular weight is 180 g/mol. The lowest BCUT2D eigenvalue weighted by Gasteiger charge is -2.19. The van der Waals surface area contributed by atoms with Crippen LogP contribution in [0.1, 0.15) is 39.0 Å². The van der Waals surface area contributed by atoms with Crippen LogP contribution in [-0.4, -0.2) is 11.7 Å². The summed E-state index contributed by atoms with van der Waals surface area (Å²) in [7, 11) is 0. The maximum Gasteiger partial charge on any atom is 0.0462 e. The first kappa shape index (κ1) is 10.5. The van der Waals surface area contributed by atoms with E-state index in [0.717, 1.165) is 12.8 Å². The van der Waals surface area contributed by atoms with E-state index in [0.29, 0.717) is 12.5 Å². The molecule has 1 rings (SSSR count). The first-order chi connectivity index (χ1) is 6.22. The van der Waals surface area contributed by atoms with Crippen LogP contribution in [0.25, 0.3) is 0 Å². The third kappa shape index (κ3) is 3.77. The summed E-state index contributed by atoms with van der Waals surface area (Å²) in [5.41, 5.74) is 2.83. The van der Waals surface area contributed by atoms with E-state index in [1.165, 1.54) is 24.8 Å². The number of hydrogen-bond donors (Lipinski definition) is 1. The van der Waals surface area contributed by atoms with Gasteiger partial charge in [-0.3, -0.25) is 0 Å². The Morgan fingerprint density at radius 1 is 1.69 bits per heavy atom. The number of aliphatic hydroxyl groups is 1. The molecular weight excluding hydrogens is 160 g/mol. The molecule has 0 aromatic carbocycles. The lowest BCUT2D eigenvalue weighted by molar-refractivity contribution is 0.215. The zero-order valence-corrected chi connectivity index (χ0v) is 8.55. The van der Waals surface area contributed by atoms with Crippen molar-refractivity contribution in [1.29, 1.82) is 0 Å². The molecule has 0 saturated carbocycles.